The van der Waals surface area contributed by atoms with Gasteiger partial charge in [0.1, 0.15) is 10.7 Å². The van der Waals surface area contributed by atoms with Gasteiger partial charge in [0.05, 0.1) is 19.3 Å². The standard InChI is InChI=1S/C9H13ClN2O4/c1-6(15-2)16-4-3-12-8(10)7(5-11-12)9(13)14/h5-6H,3-4H2,1-2H3,(H,13,14). The van der Waals surface area contributed by atoms with Gasteiger partial charge in [-0.3, -0.25) is 4.68 Å². The van der Waals surface area contributed by atoms with E-state index < -0.39 is 5.97 Å². The van der Waals surface area contributed by atoms with Crippen LogP contribution in [-0.2, 0) is 16.0 Å². The molecule has 0 saturated carbocycles. The summed E-state index contributed by atoms with van der Waals surface area (Å²) in [6.07, 6.45) is 0.901. The largest absolute Gasteiger partial charge is 0.478 e. The Morgan fingerprint density at radius 3 is 2.94 bits per heavy atom. The summed E-state index contributed by atoms with van der Waals surface area (Å²) >= 11 is 5.80. The Morgan fingerprint density at radius 2 is 2.44 bits per heavy atom. The fourth-order valence-corrected chi connectivity index (χ4v) is 1.30. The lowest BCUT2D eigenvalue weighted by Crippen LogP contribution is -2.15. The zero-order chi connectivity index (χ0) is 12.1. The molecule has 0 saturated heterocycles. The van der Waals surface area contributed by atoms with E-state index in [1.807, 2.05) is 0 Å². The first-order valence-corrected chi connectivity index (χ1v) is 5.03. The summed E-state index contributed by atoms with van der Waals surface area (Å²) in [5, 5.41) is 12.7. The molecule has 7 heteroatoms. The maximum atomic E-state index is 10.7. The van der Waals surface area contributed by atoms with E-state index in [9.17, 15) is 4.79 Å². The van der Waals surface area contributed by atoms with Crippen molar-refractivity contribution in [2.45, 2.75) is 19.8 Å². The number of ether oxygens (including phenoxy) is 2. The summed E-state index contributed by atoms with van der Waals surface area (Å²) in [6, 6.07) is 0. The molecule has 0 aliphatic heterocycles. The third-order valence-corrected chi connectivity index (χ3v) is 2.39. The number of halogens is 1. The van der Waals surface area contributed by atoms with Crippen molar-refractivity contribution < 1.29 is 19.4 Å². The van der Waals surface area contributed by atoms with Crippen molar-refractivity contribution in [1.82, 2.24) is 9.78 Å². The smallest absolute Gasteiger partial charge is 0.340 e. The Kier molecular flexibility index (Phi) is 4.72. The number of carboxylic acid groups (broad SMARTS) is 1. The molecule has 0 aliphatic rings. The number of aromatic carboxylic acids is 1. The molecule has 1 N–H and O–H groups in total. The summed E-state index contributed by atoms with van der Waals surface area (Å²) in [7, 11) is 1.54. The van der Waals surface area contributed by atoms with Crippen LogP contribution >= 0.6 is 11.6 Å². The first-order chi connectivity index (χ1) is 7.56. The van der Waals surface area contributed by atoms with E-state index in [0.717, 1.165) is 0 Å². The van der Waals surface area contributed by atoms with Crippen molar-refractivity contribution in [3.63, 3.8) is 0 Å². The first-order valence-electron chi connectivity index (χ1n) is 4.65. The number of rotatable bonds is 6. The summed E-state index contributed by atoms with van der Waals surface area (Å²) < 4.78 is 11.5. The number of nitrogens with zero attached hydrogens (tertiary/aromatic N) is 2. The van der Waals surface area contributed by atoms with E-state index >= 15 is 0 Å². The molecular formula is C9H13ClN2O4. The van der Waals surface area contributed by atoms with Crippen molar-refractivity contribution in [1.29, 1.82) is 0 Å². The third-order valence-electron chi connectivity index (χ3n) is 1.99. The maximum Gasteiger partial charge on any atom is 0.340 e. The number of hydrogen-bond acceptors (Lipinski definition) is 4. The van der Waals surface area contributed by atoms with Crippen LogP contribution in [0, 0.1) is 0 Å². The molecule has 90 valence electrons. The molecule has 0 spiro atoms. The van der Waals surface area contributed by atoms with Crippen LogP contribution in [0.15, 0.2) is 6.20 Å². The molecule has 0 amide bonds. The molecule has 0 bridgehead atoms. The highest BCUT2D eigenvalue weighted by Crippen LogP contribution is 2.14. The van der Waals surface area contributed by atoms with E-state index in [1.165, 1.54) is 18.0 Å². The van der Waals surface area contributed by atoms with Gasteiger partial charge in [0.15, 0.2) is 6.29 Å². The maximum absolute atomic E-state index is 10.7. The molecule has 6 nitrogen and oxygen atoms in total. The molecule has 1 unspecified atom stereocenters. The van der Waals surface area contributed by atoms with Crippen molar-refractivity contribution in [3.05, 3.63) is 16.9 Å². The number of methoxy groups -OCH3 is 1. The van der Waals surface area contributed by atoms with Gasteiger partial charge >= 0.3 is 5.97 Å². The molecule has 0 aliphatic carbocycles. The average Bonchev–Trinajstić information content (AvgIpc) is 2.60. The highest BCUT2D eigenvalue weighted by Gasteiger charge is 2.14. The van der Waals surface area contributed by atoms with Crippen LogP contribution in [0.3, 0.4) is 0 Å². The lowest BCUT2D eigenvalue weighted by atomic mass is 10.4. The van der Waals surface area contributed by atoms with E-state index in [1.54, 1.807) is 6.92 Å². The number of carbonyl (C=O) groups is 1. The normalized spacial score (nSPS) is 12.7. The Bertz CT molecular complexity index is 366. The van der Waals surface area contributed by atoms with Crippen LogP contribution in [0.5, 0.6) is 0 Å². The Hall–Kier alpha value is -1.11. The van der Waals surface area contributed by atoms with Gasteiger partial charge < -0.3 is 14.6 Å². The van der Waals surface area contributed by atoms with Crippen LogP contribution in [0.25, 0.3) is 0 Å². The molecule has 0 fully saturated rings. The molecule has 16 heavy (non-hydrogen) atoms. The molecular weight excluding hydrogens is 236 g/mol. The predicted octanol–water partition coefficient (Wildman–Crippen LogP) is 1.24. The number of aromatic nitrogens is 2. The second kappa shape index (κ2) is 5.83. The first kappa shape index (κ1) is 13.0. The fourth-order valence-electron chi connectivity index (χ4n) is 1.04. The van der Waals surface area contributed by atoms with Gasteiger partial charge in [-0.2, -0.15) is 5.10 Å². The van der Waals surface area contributed by atoms with Gasteiger partial charge in [0.25, 0.3) is 0 Å². The number of carboxylic acids is 1. The summed E-state index contributed by atoms with van der Waals surface area (Å²) in [6.45, 7) is 2.47. The van der Waals surface area contributed by atoms with E-state index in [4.69, 9.17) is 26.2 Å². The minimum atomic E-state index is -1.09. The zero-order valence-electron chi connectivity index (χ0n) is 9.01. The van der Waals surface area contributed by atoms with Gasteiger partial charge in [0.2, 0.25) is 0 Å². The van der Waals surface area contributed by atoms with E-state index in [-0.39, 0.29) is 17.0 Å². The van der Waals surface area contributed by atoms with Gasteiger partial charge in [-0.05, 0) is 6.92 Å². The number of hydrogen-bond donors (Lipinski definition) is 1. The van der Waals surface area contributed by atoms with Gasteiger partial charge in [-0.1, -0.05) is 11.6 Å². The highest BCUT2D eigenvalue weighted by atomic mass is 35.5. The van der Waals surface area contributed by atoms with Crippen molar-refractivity contribution in [2.24, 2.45) is 0 Å². The van der Waals surface area contributed by atoms with Gasteiger partial charge in [0, 0.05) is 7.11 Å². The van der Waals surface area contributed by atoms with Crippen LogP contribution in [0.4, 0.5) is 0 Å². The fraction of sp³-hybridized carbons (Fsp3) is 0.556. The summed E-state index contributed by atoms with van der Waals surface area (Å²) in [5.41, 5.74) is -0.0125. The lowest BCUT2D eigenvalue weighted by Gasteiger charge is -2.10. The van der Waals surface area contributed by atoms with Crippen LogP contribution in [0.2, 0.25) is 5.15 Å². The lowest BCUT2D eigenvalue weighted by molar-refractivity contribution is -0.112. The quantitative estimate of drug-likeness (QED) is 0.767. The highest BCUT2D eigenvalue weighted by molar-refractivity contribution is 6.32. The van der Waals surface area contributed by atoms with Gasteiger partial charge in [-0.15, -0.1) is 0 Å². The van der Waals surface area contributed by atoms with Gasteiger partial charge in [-0.25, -0.2) is 4.79 Å². The van der Waals surface area contributed by atoms with Crippen molar-refractivity contribution in [2.75, 3.05) is 13.7 Å². The predicted molar refractivity (Wildman–Crippen MR) is 56.6 cm³/mol. The molecule has 0 aromatic carbocycles. The SMILES string of the molecule is COC(C)OCCn1ncc(C(=O)O)c1Cl. The molecule has 1 aromatic rings. The Balaban J connectivity index is 2.52. The molecule has 0 radical (unpaired) electrons. The average molecular weight is 249 g/mol. The molecule has 1 rings (SSSR count). The molecule has 1 atom stereocenters. The summed E-state index contributed by atoms with van der Waals surface area (Å²) in [4.78, 5) is 10.7. The minimum absolute atomic E-state index is 0.0125. The Morgan fingerprint density at radius 1 is 1.75 bits per heavy atom. The van der Waals surface area contributed by atoms with Crippen molar-refractivity contribution >= 4 is 17.6 Å². The topological polar surface area (TPSA) is 73.6 Å². The van der Waals surface area contributed by atoms with E-state index in [2.05, 4.69) is 5.10 Å². The summed E-state index contributed by atoms with van der Waals surface area (Å²) in [5.74, 6) is -1.09. The second-order valence-electron chi connectivity index (χ2n) is 3.05. The van der Waals surface area contributed by atoms with Crippen LogP contribution in [0.1, 0.15) is 17.3 Å². The monoisotopic (exact) mass is 248 g/mol. The minimum Gasteiger partial charge on any atom is -0.478 e. The Labute approximate surface area is 97.7 Å². The van der Waals surface area contributed by atoms with E-state index in [0.29, 0.717) is 13.2 Å². The van der Waals surface area contributed by atoms with Crippen molar-refractivity contribution in [3.8, 4) is 0 Å². The molecule has 1 heterocycles. The molecule has 1 aromatic heterocycles. The van der Waals surface area contributed by atoms with Crippen LogP contribution in [-0.4, -0.2) is 40.9 Å². The van der Waals surface area contributed by atoms with Crippen LogP contribution < -0.4 is 0 Å². The second-order valence-corrected chi connectivity index (χ2v) is 3.41. The zero-order valence-corrected chi connectivity index (χ0v) is 9.77. The third kappa shape index (κ3) is 3.19.